The fourth-order valence-corrected chi connectivity index (χ4v) is 5.93. The van der Waals surface area contributed by atoms with Gasteiger partial charge < -0.3 is 10.6 Å². The molecule has 0 atom stereocenters. The molecular formula is C12H20BrN3O2S2. The minimum Gasteiger partial charge on any atom is -0.326 e. The first kappa shape index (κ1) is 16.4. The summed E-state index contributed by atoms with van der Waals surface area (Å²) in [4.78, 5) is 3.43. The van der Waals surface area contributed by atoms with Gasteiger partial charge in [0.25, 0.3) is 0 Å². The second-order valence-electron chi connectivity index (χ2n) is 5.15. The third-order valence-electron chi connectivity index (χ3n) is 3.60. The van der Waals surface area contributed by atoms with Gasteiger partial charge in [0.15, 0.2) is 0 Å². The van der Waals surface area contributed by atoms with E-state index in [2.05, 4.69) is 32.6 Å². The molecule has 114 valence electrons. The fraction of sp³-hybridized carbons (Fsp3) is 0.667. The first-order valence-corrected chi connectivity index (χ1v) is 9.68. The van der Waals surface area contributed by atoms with Gasteiger partial charge in [0.2, 0.25) is 10.0 Å². The molecule has 5 nitrogen and oxygen atoms in total. The lowest BCUT2D eigenvalue weighted by Gasteiger charge is -2.28. The van der Waals surface area contributed by atoms with Crippen molar-refractivity contribution in [3.05, 3.63) is 14.7 Å². The van der Waals surface area contributed by atoms with Crippen LogP contribution in [0.3, 0.4) is 0 Å². The van der Waals surface area contributed by atoms with Gasteiger partial charge in [0, 0.05) is 18.0 Å². The highest BCUT2D eigenvalue weighted by atomic mass is 79.9. The summed E-state index contributed by atoms with van der Waals surface area (Å²) < 4.78 is 28.0. The molecule has 1 aromatic heterocycles. The largest absolute Gasteiger partial charge is 0.326 e. The molecule has 2 rings (SSSR count). The summed E-state index contributed by atoms with van der Waals surface area (Å²) in [6.45, 7) is 2.93. The van der Waals surface area contributed by atoms with Gasteiger partial charge >= 0.3 is 0 Å². The van der Waals surface area contributed by atoms with Crippen LogP contribution in [0, 0.1) is 5.92 Å². The predicted molar refractivity (Wildman–Crippen MR) is 85.3 cm³/mol. The van der Waals surface area contributed by atoms with Crippen molar-refractivity contribution in [1.29, 1.82) is 0 Å². The molecule has 0 aromatic carbocycles. The summed E-state index contributed by atoms with van der Waals surface area (Å²) >= 11 is 4.67. The molecule has 1 aromatic rings. The number of piperidine rings is 1. The quantitative estimate of drug-likeness (QED) is 0.811. The average molecular weight is 382 g/mol. The molecule has 1 saturated heterocycles. The molecular weight excluding hydrogens is 362 g/mol. The molecule has 1 aliphatic heterocycles. The number of hydrogen-bond donors (Lipinski definition) is 2. The van der Waals surface area contributed by atoms with Gasteiger partial charge in [0.05, 0.1) is 3.79 Å². The van der Waals surface area contributed by atoms with Gasteiger partial charge in [0.1, 0.15) is 4.90 Å². The molecule has 0 unspecified atom stereocenters. The molecule has 20 heavy (non-hydrogen) atoms. The van der Waals surface area contributed by atoms with Gasteiger partial charge in [-0.25, -0.2) is 13.1 Å². The summed E-state index contributed by atoms with van der Waals surface area (Å²) in [5.74, 6) is 0.423. The van der Waals surface area contributed by atoms with E-state index in [1.54, 1.807) is 6.07 Å². The molecule has 0 saturated carbocycles. The van der Waals surface area contributed by atoms with Gasteiger partial charge in [-0.05, 0) is 60.9 Å². The molecule has 1 fully saturated rings. The van der Waals surface area contributed by atoms with Crippen LogP contribution < -0.4 is 10.5 Å². The zero-order valence-corrected chi connectivity index (χ0v) is 14.7. The first-order chi connectivity index (χ1) is 9.42. The van der Waals surface area contributed by atoms with Crippen LogP contribution in [0.4, 0.5) is 0 Å². The summed E-state index contributed by atoms with van der Waals surface area (Å²) in [6, 6.07) is 1.64. The van der Waals surface area contributed by atoms with E-state index in [1.165, 1.54) is 11.3 Å². The Bertz CT molecular complexity index is 551. The van der Waals surface area contributed by atoms with E-state index >= 15 is 0 Å². The second-order valence-corrected chi connectivity index (χ2v) is 9.34. The van der Waals surface area contributed by atoms with E-state index in [0.717, 1.165) is 30.8 Å². The predicted octanol–water partition coefficient (Wildman–Crippen LogP) is 1.59. The second kappa shape index (κ2) is 6.85. The number of rotatable bonds is 5. The molecule has 0 bridgehead atoms. The summed E-state index contributed by atoms with van der Waals surface area (Å²) in [7, 11) is -1.35. The summed E-state index contributed by atoms with van der Waals surface area (Å²) in [5.41, 5.74) is 5.55. The van der Waals surface area contributed by atoms with Gasteiger partial charge in [-0.3, -0.25) is 0 Å². The topological polar surface area (TPSA) is 75.4 Å². The van der Waals surface area contributed by atoms with Crippen LogP contribution in [0.15, 0.2) is 14.7 Å². The maximum absolute atomic E-state index is 12.3. The normalized spacial score (nSPS) is 18.6. The van der Waals surface area contributed by atoms with Crippen molar-refractivity contribution in [2.24, 2.45) is 11.7 Å². The summed E-state index contributed by atoms with van der Waals surface area (Å²) in [6.07, 6.45) is 2.08. The van der Waals surface area contributed by atoms with Crippen molar-refractivity contribution in [2.75, 3.05) is 26.7 Å². The van der Waals surface area contributed by atoms with Crippen molar-refractivity contribution in [3.8, 4) is 0 Å². The number of sulfonamides is 1. The highest BCUT2D eigenvalue weighted by Gasteiger charge is 2.23. The number of halogens is 1. The molecule has 8 heteroatoms. The van der Waals surface area contributed by atoms with Crippen molar-refractivity contribution >= 4 is 37.3 Å². The van der Waals surface area contributed by atoms with E-state index < -0.39 is 10.0 Å². The molecule has 0 spiro atoms. The number of likely N-dealkylation sites (tertiary alicyclic amines) is 1. The third kappa shape index (κ3) is 4.02. The van der Waals surface area contributed by atoms with Crippen LogP contribution in [0.1, 0.15) is 17.7 Å². The van der Waals surface area contributed by atoms with Crippen molar-refractivity contribution in [2.45, 2.75) is 24.3 Å². The van der Waals surface area contributed by atoms with Crippen molar-refractivity contribution in [1.82, 2.24) is 9.62 Å². The highest BCUT2D eigenvalue weighted by molar-refractivity contribution is 9.11. The third-order valence-corrected chi connectivity index (χ3v) is 7.30. The Morgan fingerprint density at radius 2 is 2.15 bits per heavy atom. The fourth-order valence-electron chi connectivity index (χ4n) is 2.25. The minimum atomic E-state index is -3.45. The maximum Gasteiger partial charge on any atom is 0.242 e. The van der Waals surface area contributed by atoms with E-state index in [9.17, 15) is 8.42 Å². The lowest BCUT2D eigenvalue weighted by Crippen LogP contribution is -2.36. The molecule has 0 radical (unpaired) electrons. The van der Waals surface area contributed by atoms with Crippen LogP contribution in [-0.4, -0.2) is 40.0 Å². The Morgan fingerprint density at radius 3 is 2.70 bits per heavy atom. The lowest BCUT2D eigenvalue weighted by atomic mass is 9.98. The van der Waals surface area contributed by atoms with Crippen LogP contribution >= 0.6 is 27.3 Å². The van der Waals surface area contributed by atoms with Gasteiger partial charge in [-0.2, -0.15) is 0 Å². The Morgan fingerprint density at radius 1 is 1.50 bits per heavy atom. The van der Waals surface area contributed by atoms with E-state index in [0.29, 0.717) is 27.7 Å². The highest BCUT2D eigenvalue weighted by Crippen LogP contribution is 2.31. The molecule has 1 aliphatic rings. The Kier molecular flexibility index (Phi) is 5.61. The van der Waals surface area contributed by atoms with Crippen molar-refractivity contribution < 1.29 is 8.42 Å². The van der Waals surface area contributed by atoms with E-state index in [1.807, 2.05) is 0 Å². The number of nitrogens with zero attached hydrogens (tertiary/aromatic N) is 1. The number of nitrogens with two attached hydrogens (primary N) is 1. The SMILES string of the molecule is CN1CCC(CNS(=O)(=O)c2cc(CN)sc2Br)CC1. The Balaban J connectivity index is 1.98. The molecule has 3 N–H and O–H groups in total. The van der Waals surface area contributed by atoms with E-state index in [4.69, 9.17) is 5.73 Å². The molecule has 0 aliphatic carbocycles. The Labute approximate surface area is 132 Å². The standard InChI is InChI=1S/C12H20BrN3O2S2/c1-16-4-2-9(3-5-16)8-15-20(17,18)11-6-10(7-14)19-12(11)13/h6,9,15H,2-5,7-8,14H2,1H3. The average Bonchev–Trinajstić information content (AvgIpc) is 2.80. The number of hydrogen-bond acceptors (Lipinski definition) is 5. The van der Waals surface area contributed by atoms with Gasteiger partial charge in [-0.15, -0.1) is 11.3 Å². The van der Waals surface area contributed by atoms with Crippen LogP contribution in [-0.2, 0) is 16.6 Å². The maximum atomic E-state index is 12.3. The zero-order chi connectivity index (χ0) is 14.8. The van der Waals surface area contributed by atoms with Gasteiger partial charge in [-0.1, -0.05) is 0 Å². The van der Waals surface area contributed by atoms with Crippen LogP contribution in [0.5, 0.6) is 0 Å². The monoisotopic (exact) mass is 381 g/mol. The number of nitrogens with one attached hydrogen (secondary N) is 1. The van der Waals surface area contributed by atoms with E-state index in [-0.39, 0.29) is 0 Å². The van der Waals surface area contributed by atoms with Crippen LogP contribution in [0.2, 0.25) is 0 Å². The van der Waals surface area contributed by atoms with Crippen LogP contribution in [0.25, 0.3) is 0 Å². The zero-order valence-electron chi connectivity index (χ0n) is 11.4. The first-order valence-electron chi connectivity index (χ1n) is 6.59. The lowest BCUT2D eigenvalue weighted by molar-refractivity contribution is 0.220. The minimum absolute atomic E-state index is 0.302. The van der Waals surface area contributed by atoms with Crippen molar-refractivity contribution in [3.63, 3.8) is 0 Å². The Hall–Kier alpha value is 0.01000. The summed E-state index contributed by atoms with van der Waals surface area (Å²) in [5, 5.41) is 0. The molecule has 0 amide bonds. The smallest absolute Gasteiger partial charge is 0.242 e. The number of thiophene rings is 1. The molecule has 2 heterocycles.